The van der Waals surface area contributed by atoms with Crippen molar-refractivity contribution >= 4 is 11.8 Å². The number of carbonyl (C=O) groups excluding carboxylic acids is 2. The van der Waals surface area contributed by atoms with Crippen molar-refractivity contribution < 1.29 is 9.59 Å². The minimum atomic E-state index is 0.0474. The number of hydrogen-bond acceptors (Lipinski definition) is 2. The lowest BCUT2D eigenvalue weighted by atomic mass is 10.00. The zero-order valence-electron chi connectivity index (χ0n) is 13.8. The molecule has 1 aromatic rings. The molecule has 0 saturated carbocycles. The molecule has 120 valence electrons. The number of amides is 2. The smallest absolute Gasteiger partial charge is 0.224 e. The highest BCUT2D eigenvalue weighted by atomic mass is 16.2. The summed E-state index contributed by atoms with van der Waals surface area (Å²) in [5, 5.41) is 0. The molecule has 2 amide bonds. The number of rotatable bonds is 5. The second-order valence-electron chi connectivity index (χ2n) is 6.05. The molecule has 1 unspecified atom stereocenters. The van der Waals surface area contributed by atoms with Gasteiger partial charge < -0.3 is 9.80 Å². The fourth-order valence-electron chi connectivity index (χ4n) is 2.99. The zero-order valence-corrected chi connectivity index (χ0v) is 13.8. The van der Waals surface area contributed by atoms with Crippen LogP contribution in [0.5, 0.6) is 0 Å². The highest BCUT2D eigenvalue weighted by molar-refractivity contribution is 5.78. The molecular formula is C18H26N2O2. The van der Waals surface area contributed by atoms with E-state index in [0.29, 0.717) is 19.5 Å². The van der Waals surface area contributed by atoms with Gasteiger partial charge in [0.25, 0.3) is 0 Å². The van der Waals surface area contributed by atoms with Gasteiger partial charge in [0.1, 0.15) is 0 Å². The first kappa shape index (κ1) is 16.5. The van der Waals surface area contributed by atoms with Gasteiger partial charge in [0, 0.05) is 39.0 Å². The Morgan fingerprint density at radius 1 is 1.27 bits per heavy atom. The lowest BCUT2D eigenvalue weighted by Gasteiger charge is -2.31. The molecule has 0 bridgehead atoms. The van der Waals surface area contributed by atoms with Gasteiger partial charge in [-0.05, 0) is 30.9 Å². The summed E-state index contributed by atoms with van der Waals surface area (Å²) in [4.78, 5) is 27.8. The summed E-state index contributed by atoms with van der Waals surface area (Å²) in [7, 11) is 0. The van der Waals surface area contributed by atoms with Crippen molar-refractivity contribution in [2.75, 3.05) is 13.1 Å². The second kappa shape index (κ2) is 7.43. The molecule has 0 spiro atoms. The lowest BCUT2D eigenvalue weighted by Crippen LogP contribution is -2.41. The summed E-state index contributed by atoms with van der Waals surface area (Å²) >= 11 is 0. The van der Waals surface area contributed by atoms with Crippen LogP contribution >= 0.6 is 0 Å². The summed E-state index contributed by atoms with van der Waals surface area (Å²) in [5.41, 5.74) is 2.59. The van der Waals surface area contributed by atoms with E-state index in [9.17, 15) is 9.59 Å². The average Bonchev–Trinajstić information content (AvgIpc) is 2.53. The third-order valence-electron chi connectivity index (χ3n) is 4.58. The molecule has 0 fully saturated rings. The maximum absolute atomic E-state index is 12.4. The van der Waals surface area contributed by atoms with Gasteiger partial charge in [-0.3, -0.25) is 9.59 Å². The first-order valence-corrected chi connectivity index (χ1v) is 8.14. The normalized spacial score (nSPS) is 15.1. The van der Waals surface area contributed by atoms with Gasteiger partial charge in [0.05, 0.1) is 0 Å². The summed E-state index contributed by atoms with van der Waals surface area (Å²) < 4.78 is 0. The highest BCUT2D eigenvalue weighted by Gasteiger charge is 2.22. The van der Waals surface area contributed by atoms with Gasteiger partial charge in [0.2, 0.25) is 11.8 Å². The molecule has 1 atom stereocenters. The Kier molecular flexibility index (Phi) is 5.58. The molecule has 1 heterocycles. The van der Waals surface area contributed by atoms with Crippen molar-refractivity contribution in [2.24, 2.45) is 0 Å². The molecule has 0 N–H and O–H groups in total. The summed E-state index contributed by atoms with van der Waals surface area (Å²) in [6.45, 7) is 7.65. The van der Waals surface area contributed by atoms with Gasteiger partial charge >= 0.3 is 0 Å². The minimum absolute atomic E-state index is 0.0474. The van der Waals surface area contributed by atoms with Crippen molar-refractivity contribution in [3.63, 3.8) is 0 Å². The van der Waals surface area contributed by atoms with Crippen LogP contribution in [-0.4, -0.2) is 40.7 Å². The van der Waals surface area contributed by atoms with Crippen molar-refractivity contribution in [3.05, 3.63) is 35.4 Å². The molecule has 1 aromatic carbocycles. The number of nitrogens with zero attached hydrogens (tertiary/aromatic N) is 2. The molecule has 1 aliphatic rings. The van der Waals surface area contributed by atoms with Crippen LogP contribution in [0.4, 0.5) is 0 Å². The molecule has 4 nitrogen and oxygen atoms in total. The first-order valence-electron chi connectivity index (χ1n) is 8.14. The van der Waals surface area contributed by atoms with Crippen LogP contribution in [0.1, 0.15) is 44.7 Å². The topological polar surface area (TPSA) is 40.6 Å². The van der Waals surface area contributed by atoms with Crippen LogP contribution in [0.25, 0.3) is 0 Å². The molecule has 1 aliphatic heterocycles. The molecule has 0 aliphatic carbocycles. The molecule has 2 rings (SSSR count). The van der Waals surface area contributed by atoms with Gasteiger partial charge in [-0.25, -0.2) is 0 Å². The Balaban J connectivity index is 1.92. The van der Waals surface area contributed by atoms with E-state index in [4.69, 9.17) is 0 Å². The van der Waals surface area contributed by atoms with Crippen LogP contribution in [0.2, 0.25) is 0 Å². The van der Waals surface area contributed by atoms with Crippen molar-refractivity contribution in [3.8, 4) is 0 Å². The molecular weight excluding hydrogens is 276 g/mol. The van der Waals surface area contributed by atoms with E-state index in [0.717, 1.165) is 19.4 Å². The number of hydrogen-bond donors (Lipinski definition) is 0. The summed E-state index contributed by atoms with van der Waals surface area (Å²) in [5.74, 6) is 0.190. The van der Waals surface area contributed by atoms with E-state index in [1.807, 2.05) is 24.0 Å². The Hall–Kier alpha value is -1.84. The van der Waals surface area contributed by atoms with Crippen LogP contribution in [-0.2, 0) is 22.6 Å². The maximum atomic E-state index is 12.4. The quantitative estimate of drug-likeness (QED) is 0.839. The maximum Gasteiger partial charge on any atom is 0.224 e. The van der Waals surface area contributed by atoms with E-state index < -0.39 is 0 Å². The van der Waals surface area contributed by atoms with Crippen LogP contribution < -0.4 is 0 Å². The molecule has 4 heteroatoms. The van der Waals surface area contributed by atoms with E-state index in [2.05, 4.69) is 19.1 Å². The third kappa shape index (κ3) is 3.87. The molecule has 22 heavy (non-hydrogen) atoms. The molecule has 0 aromatic heterocycles. The van der Waals surface area contributed by atoms with Crippen LogP contribution in [0.3, 0.4) is 0 Å². The lowest BCUT2D eigenvalue weighted by molar-refractivity contribution is -0.135. The fraction of sp³-hybridized carbons (Fsp3) is 0.556. The third-order valence-corrected chi connectivity index (χ3v) is 4.58. The Morgan fingerprint density at radius 3 is 2.59 bits per heavy atom. The number of benzene rings is 1. The average molecular weight is 302 g/mol. The molecule has 0 saturated heterocycles. The Labute approximate surface area is 133 Å². The molecule has 0 radical (unpaired) electrons. The van der Waals surface area contributed by atoms with E-state index in [1.54, 1.807) is 11.8 Å². The van der Waals surface area contributed by atoms with Crippen molar-refractivity contribution in [2.45, 2.75) is 52.6 Å². The van der Waals surface area contributed by atoms with E-state index >= 15 is 0 Å². The summed E-state index contributed by atoms with van der Waals surface area (Å²) in [6, 6.07) is 8.49. The largest absolute Gasteiger partial charge is 0.340 e. The van der Waals surface area contributed by atoms with Gasteiger partial charge in [0.15, 0.2) is 0 Å². The highest BCUT2D eigenvalue weighted by Crippen LogP contribution is 2.19. The first-order chi connectivity index (χ1) is 10.5. The fourth-order valence-corrected chi connectivity index (χ4v) is 2.99. The number of fused-ring (bicyclic) bond motifs is 1. The van der Waals surface area contributed by atoms with Crippen molar-refractivity contribution in [1.29, 1.82) is 0 Å². The second-order valence-corrected chi connectivity index (χ2v) is 6.05. The van der Waals surface area contributed by atoms with Gasteiger partial charge in [-0.1, -0.05) is 31.2 Å². The van der Waals surface area contributed by atoms with Crippen molar-refractivity contribution in [1.82, 2.24) is 9.80 Å². The summed E-state index contributed by atoms with van der Waals surface area (Å²) in [6.07, 6.45) is 2.24. The van der Waals surface area contributed by atoms with E-state index in [1.165, 1.54) is 11.1 Å². The SMILES string of the molecule is CCC(C)N(CCC(=O)N1CCc2ccccc2C1)C(C)=O. The predicted octanol–water partition coefficient (Wildman–Crippen LogP) is 2.61. The van der Waals surface area contributed by atoms with Gasteiger partial charge in [-0.15, -0.1) is 0 Å². The minimum Gasteiger partial charge on any atom is -0.340 e. The van der Waals surface area contributed by atoms with Crippen LogP contribution in [0, 0.1) is 0 Å². The number of carbonyl (C=O) groups is 2. The Morgan fingerprint density at radius 2 is 1.95 bits per heavy atom. The zero-order chi connectivity index (χ0) is 16.1. The predicted molar refractivity (Wildman–Crippen MR) is 87.3 cm³/mol. The van der Waals surface area contributed by atoms with Gasteiger partial charge in [-0.2, -0.15) is 0 Å². The Bertz CT molecular complexity index is 542. The standard InChI is InChI=1S/C18H26N2O2/c1-4-14(2)20(15(3)21)12-10-18(22)19-11-9-16-7-5-6-8-17(16)13-19/h5-8,14H,4,9-13H2,1-3H3. The van der Waals surface area contributed by atoms with E-state index in [-0.39, 0.29) is 17.9 Å². The monoisotopic (exact) mass is 302 g/mol. The van der Waals surface area contributed by atoms with Crippen LogP contribution in [0.15, 0.2) is 24.3 Å².